The summed E-state index contributed by atoms with van der Waals surface area (Å²) in [6.07, 6.45) is 0.811. The number of rotatable bonds is 5. The Morgan fingerprint density at radius 2 is 2.17 bits per heavy atom. The van der Waals surface area contributed by atoms with Gasteiger partial charge < -0.3 is 15.2 Å². The first kappa shape index (κ1) is 14.0. The molecule has 10 heteroatoms. The number of aliphatic carboxylic acids is 1. The third-order valence-corrected chi connectivity index (χ3v) is 3.76. The van der Waals surface area contributed by atoms with Crippen molar-refractivity contribution in [1.29, 1.82) is 0 Å². The minimum Gasteiger partial charge on any atom is -0.480 e. The van der Waals surface area contributed by atoms with Gasteiger partial charge in [0.25, 0.3) is 0 Å². The van der Waals surface area contributed by atoms with Crippen molar-refractivity contribution < 1.29 is 23.2 Å². The molecule has 0 aliphatic rings. The summed E-state index contributed by atoms with van der Waals surface area (Å²) in [5.41, 5.74) is 0. The van der Waals surface area contributed by atoms with Gasteiger partial charge in [0.05, 0.1) is 0 Å². The second-order valence-electron chi connectivity index (χ2n) is 3.26. The smallest absolute Gasteiger partial charge is 0.363 e. The van der Waals surface area contributed by atoms with Gasteiger partial charge in [0.1, 0.15) is 11.4 Å². The lowest BCUT2D eigenvalue weighted by Crippen LogP contribution is -2.32. The van der Waals surface area contributed by atoms with Crippen LogP contribution in [0.4, 0.5) is 5.82 Å². The molecule has 0 aromatic carbocycles. The summed E-state index contributed by atoms with van der Waals surface area (Å²) in [6, 6.07) is 1.93. The second-order valence-corrected chi connectivity index (χ2v) is 5.31. The molecule has 0 atom stereocenters. The first-order valence-electron chi connectivity index (χ1n) is 4.53. The predicted octanol–water partition coefficient (Wildman–Crippen LogP) is -0.305. The van der Waals surface area contributed by atoms with E-state index >= 15 is 0 Å². The van der Waals surface area contributed by atoms with Gasteiger partial charge in [-0.1, -0.05) is 0 Å². The molecule has 1 aromatic rings. The zero-order chi connectivity index (χ0) is 13.9. The highest BCUT2D eigenvalue weighted by Crippen LogP contribution is 2.15. The number of nitrogens with zero attached hydrogens (tertiary/aromatic N) is 3. The average Bonchev–Trinajstić information content (AvgIpc) is 2.28. The van der Waals surface area contributed by atoms with Crippen LogP contribution in [0.1, 0.15) is 0 Å². The minimum absolute atomic E-state index is 0.308. The molecule has 0 amide bonds. The second kappa shape index (κ2) is 5.06. The summed E-state index contributed by atoms with van der Waals surface area (Å²) < 4.78 is 24.2. The Kier molecular flexibility index (Phi) is 3.93. The molecule has 1 N–H and O–H groups in total. The molecule has 1 aromatic heterocycles. The lowest BCUT2D eigenvalue weighted by molar-refractivity contribution is -0.389. The third-order valence-electron chi connectivity index (χ3n) is 1.97. The highest BCUT2D eigenvalue weighted by Gasteiger charge is 2.24. The first-order chi connectivity index (χ1) is 8.25. The topological polar surface area (TPSA) is 131 Å². The number of nitro groups is 1. The summed E-state index contributed by atoms with van der Waals surface area (Å²) in [5.74, 6) is -1.80. The highest BCUT2D eigenvalue weighted by molar-refractivity contribution is 7.89. The fraction of sp³-hybridized carbons (Fsp3) is 0.250. The molecular formula is C8H9N3O6S. The van der Waals surface area contributed by atoms with Crippen LogP contribution in [-0.4, -0.2) is 47.3 Å². The number of pyridine rings is 1. The first-order valence-corrected chi connectivity index (χ1v) is 5.97. The van der Waals surface area contributed by atoms with Gasteiger partial charge in [-0.25, -0.2) is 8.42 Å². The van der Waals surface area contributed by atoms with Crippen molar-refractivity contribution in [1.82, 2.24) is 9.29 Å². The number of carboxylic acids is 1. The molecular weight excluding hydrogens is 266 g/mol. The van der Waals surface area contributed by atoms with E-state index in [0.717, 1.165) is 25.4 Å². The van der Waals surface area contributed by atoms with Crippen molar-refractivity contribution in [3.8, 4) is 0 Å². The van der Waals surface area contributed by atoms with Crippen LogP contribution in [0, 0.1) is 10.1 Å². The molecule has 9 nitrogen and oxygen atoms in total. The number of aromatic nitrogens is 1. The number of hydrogen-bond acceptors (Lipinski definition) is 6. The molecule has 0 spiro atoms. The summed E-state index contributed by atoms with van der Waals surface area (Å²) in [6.45, 7) is -0.709. The van der Waals surface area contributed by atoms with E-state index in [2.05, 4.69) is 4.98 Å². The van der Waals surface area contributed by atoms with Crippen LogP contribution in [0.3, 0.4) is 0 Å². The molecule has 0 aliphatic carbocycles. The maximum absolute atomic E-state index is 11.8. The van der Waals surface area contributed by atoms with Gasteiger partial charge >= 0.3 is 11.8 Å². The fourth-order valence-electron chi connectivity index (χ4n) is 1.09. The standard InChI is InChI=1S/C8H9N3O6S/c1-10(5-8(12)13)18(16,17)6-2-3-7(9-4-6)11(14)15/h2-4H,5H2,1H3,(H,12,13). The Balaban J connectivity index is 3.05. The monoisotopic (exact) mass is 275 g/mol. The van der Waals surface area contributed by atoms with Crippen molar-refractivity contribution >= 4 is 21.8 Å². The molecule has 0 saturated carbocycles. The largest absolute Gasteiger partial charge is 0.480 e. The number of hydrogen-bond donors (Lipinski definition) is 1. The quantitative estimate of drug-likeness (QED) is 0.576. The van der Waals surface area contributed by atoms with Crippen molar-refractivity contribution in [2.24, 2.45) is 0 Å². The van der Waals surface area contributed by atoms with Crippen LogP contribution in [0.15, 0.2) is 23.2 Å². The Bertz CT molecular complexity index is 567. The highest BCUT2D eigenvalue weighted by atomic mass is 32.2. The number of carboxylic acid groups (broad SMARTS) is 1. The Hall–Kier alpha value is -2.07. The lowest BCUT2D eigenvalue weighted by Gasteiger charge is -2.13. The predicted molar refractivity (Wildman–Crippen MR) is 58.3 cm³/mol. The van der Waals surface area contributed by atoms with E-state index in [0.29, 0.717) is 4.31 Å². The van der Waals surface area contributed by atoms with Crippen LogP contribution in [-0.2, 0) is 14.8 Å². The van der Waals surface area contributed by atoms with Crippen LogP contribution >= 0.6 is 0 Å². The molecule has 0 aliphatic heterocycles. The fourth-order valence-corrected chi connectivity index (χ4v) is 2.15. The zero-order valence-electron chi connectivity index (χ0n) is 9.18. The molecule has 0 unspecified atom stereocenters. The van der Waals surface area contributed by atoms with Crippen LogP contribution in [0.25, 0.3) is 0 Å². The van der Waals surface area contributed by atoms with Gasteiger partial charge in [0, 0.05) is 13.1 Å². The van der Waals surface area contributed by atoms with Gasteiger partial charge in [0.15, 0.2) is 6.20 Å². The zero-order valence-corrected chi connectivity index (χ0v) is 9.99. The molecule has 98 valence electrons. The maximum atomic E-state index is 11.8. The Morgan fingerprint density at radius 1 is 1.56 bits per heavy atom. The van der Waals surface area contributed by atoms with Gasteiger partial charge in [0.2, 0.25) is 10.0 Å². The molecule has 1 rings (SSSR count). The lowest BCUT2D eigenvalue weighted by atomic mass is 10.5. The van der Waals surface area contributed by atoms with E-state index in [9.17, 15) is 23.3 Å². The number of sulfonamides is 1. The molecule has 0 fully saturated rings. The number of carbonyl (C=O) groups is 1. The average molecular weight is 275 g/mol. The van der Waals surface area contributed by atoms with E-state index in [1.54, 1.807) is 0 Å². The van der Waals surface area contributed by atoms with Crippen molar-refractivity contribution in [2.75, 3.05) is 13.6 Å². The molecule has 0 radical (unpaired) electrons. The molecule has 1 heterocycles. The van der Waals surface area contributed by atoms with Gasteiger partial charge in [-0.05, 0) is 16.0 Å². The van der Waals surface area contributed by atoms with E-state index in [1.165, 1.54) is 0 Å². The van der Waals surface area contributed by atoms with Gasteiger partial charge in [-0.15, -0.1) is 0 Å². The SMILES string of the molecule is CN(CC(=O)O)S(=O)(=O)c1ccc([N+](=O)[O-])nc1. The van der Waals surface area contributed by atoms with Gasteiger partial charge in [-0.2, -0.15) is 4.31 Å². The Morgan fingerprint density at radius 3 is 2.56 bits per heavy atom. The summed E-state index contributed by atoms with van der Waals surface area (Å²) in [7, 11) is -2.92. The third kappa shape index (κ3) is 2.99. The van der Waals surface area contributed by atoms with E-state index < -0.39 is 33.3 Å². The van der Waals surface area contributed by atoms with Crippen molar-refractivity contribution in [3.05, 3.63) is 28.4 Å². The number of likely N-dealkylation sites (N-methyl/N-ethyl adjacent to an activating group) is 1. The van der Waals surface area contributed by atoms with E-state index in [1.807, 2.05) is 0 Å². The Labute approximate surface area is 102 Å². The van der Waals surface area contributed by atoms with Gasteiger partial charge in [-0.3, -0.25) is 4.79 Å². The van der Waals surface area contributed by atoms with E-state index in [4.69, 9.17) is 5.11 Å². The van der Waals surface area contributed by atoms with Crippen LogP contribution in [0.2, 0.25) is 0 Å². The van der Waals surface area contributed by atoms with Crippen molar-refractivity contribution in [2.45, 2.75) is 4.90 Å². The molecule has 0 saturated heterocycles. The summed E-state index contributed by atoms with van der Waals surface area (Å²) in [4.78, 5) is 23.0. The molecule has 18 heavy (non-hydrogen) atoms. The minimum atomic E-state index is -4.01. The van der Waals surface area contributed by atoms with Crippen molar-refractivity contribution in [3.63, 3.8) is 0 Å². The maximum Gasteiger partial charge on any atom is 0.363 e. The summed E-state index contributed by atoms with van der Waals surface area (Å²) >= 11 is 0. The van der Waals surface area contributed by atoms with Crippen LogP contribution in [0.5, 0.6) is 0 Å². The summed E-state index contributed by atoms with van der Waals surface area (Å²) in [5, 5.41) is 18.8. The molecule has 0 bridgehead atoms. The van der Waals surface area contributed by atoms with E-state index in [-0.39, 0.29) is 4.90 Å². The van der Waals surface area contributed by atoms with Crippen LogP contribution < -0.4 is 0 Å². The normalized spacial score (nSPS) is 11.4.